The van der Waals surface area contributed by atoms with Crippen molar-refractivity contribution in [3.63, 3.8) is 0 Å². The SMILES string of the molecule is O=[N+]([O-])c1cn(N2CCCCC2)nc1CCF. The van der Waals surface area contributed by atoms with E-state index in [4.69, 9.17) is 0 Å². The van der Waals surface area contributed by atoms with Crippen LogP contribution in [-0.2, 0) is 6.42 Å². The standard InChI is InChI=1S/C10H15FN4O2/c11-5-4-9-10(15(16)17)8-14(12-9)13-6-2-1-3-7-13/h8H,1-7H2. The third-order valence-corrected chi connectivity index (χ3v) is 2.91. The zero-order valence-corrected chi connectivity index (χ0v) is 9.51. The van der Waals surface area contributed by atoms with E-state index < -0.39 is 11.6 Å². The van der Waals surface area contributed by atoms with Crippen LogP contribution in [-0.4, -0.2) is 34.6 Å². The molecule has 6 nitrogen and oxygen atoms in total. The third-order valence-electron chi connectivity index (χ3n) is 2.91. The molecule has 2 rings (SSSR count). The molecule has 2 heterocycles. The van der Waals surface area contributed by atoms with Gasteiger partial charge in [-0.1, -0.05) is 0 Å². The lowest BCUT2D eigenvalue weighted by molar-refractivity contribution is -0.385. The van der Waals surface area contributed by atoms with Crippen molar-refractivity contribution in [3.05, 3.63) is 22.0 Å². The Labute approximate surface area is 98.1 Å². The van der Waals surface area contributed by atoms with Crippen LogP contribution >= 0.6 is 0 Å². The Morgan fingerprint density at radius 2 is 2.12 bits per heavy atom. The van der Waals surface area contributed by atoms with E-state index in [1.54, 1.807) is 0 Å². The van der Waals surface area contributed by atoms with Gasteiger partial charge in [0.05, 0.1) is 11.6 Å². The van der Waals surface area contributed by atoms with Gasteiger partial charge in [0.25, 0.3) is 0 Å². The first-order valence-electron chi connectivity index (χ1n) is 5.76. The molecule has 0 unspecified atom stereocenters. The van der Waals surface area contributed by atoms with Crippen molar-refractivity contribution in [1.82, 2.24) is 9.89 Å². The van der Waals surface area contributed by atoms with E-state index in [2.05, 4.69) is 5.10 Å². The predicted molar refractivity (Wildman–Crippen MR) is 60.4 cm³/mol. The first-order chi connectivity index (χ1) is 8.22. The average molecular weight is 242 g/mol. The third kappa shape index (κ3) is 2.54. The highest BCUT2D eigenvalue weighted by Gasteiger charge is 2.22. The monoisotopic (exact) mass is 242 g/mol. The lowest BCUT2D eigenvalue weighted by atomic mass is 10.2. The molecule has 7 heteroatoms. The van der Waals surface area contributed by atoms with Crippen molar-refractivity contribution in [2.45, 2.75) is 25.7 Å². The average Bonchev–Trinajstić information content (AvgIpc) is 2.75. The highest BCUT2D eigenvalue weighted by Crippen LogP contribution is 2.18. The predicted octanol–water partition coefficient (Wildman–Crippen LogP) is 1.43. The molecule has 1 aliphatic heterocycles. The molecule has 0 aliphatic carbocycles. The summed E-state index contributed by atoms with van der Waals surface area (Å²) >= 11 is 0. The summed E-state index contributed by atoms with van der Waals surface area (Å²) in [7, 11) is 0. The maximum Gasteiger partial charge on any atom is 0.312 e. The number of halogens is 1. The number of aryl methyl sites for hydroxylation is 1. The summed E-state index contributed by atoms with van der Waals surface area (Å²) in [6, 6.07) is 0. The summed E-state index contributed by atoms with van der Waals surface area (Å²) in [6.07, 6.45) is 4.68. The molecular weight excluding hydrogens is 227 g/mol. The second-order valence-corrected chi connectivity index (χ2v) is 4.09. The smallest absolute Gasteiger partial charge is 0.297 e. The number of rotatable bonds is 4. The molecule has 0 aromatic carbocycles. The highest BCUT2D eigenvalue weighted by molar-refractivity contribution is 5.33. The number of hydrogen-bond acceptors (Lipinski definition) is 4. The Morgan fingerprint density at radius 3 is 2.71 bits per heavy atom. The normalized spacial score (nSPS) is 16.2. The number of nitrogens with zero attached hydrogens (tertiary/aromatic N) is 4. The second-order valence-electron chi connectivity index (χ2n) is 4.09. The fourth-order valence-corrected chi connectivity index (χ4v) is 2.03. The number of aromatic nitrogens is 2. The van der Waals surface area contributed by atoms with Crippen molar-refractivity contribution >= 4 is 5.69 Å². The van der Waals surface area contributed by atoms with E-state index in [1.165, 1.54) is 17.4 Å². The zero-order valence-electron chi connectivity index (χ0n) is 9.51. The summed E-state index contributed by atoms with van der Waals surface area (Å²) in [5, 5.41) is 16.9. The topological polar surface area (TPSA) is 64.2 Å². The fourth-order valence-electron chi connectivity index (χ4n) is 2.03. The van der Waals surface area contributed by atoms with E-state index in [9.17, 15) is 14.5 Å². The Morgan fingerprint density at radius 1 is 1.41 bits per heavy atom. The van der Waals surface area contributed by atoms with Gasteiger partial charge in [0.15, 0.2) is 0 Å². The quantitative estimate of drug-likeness (QED) is 0.591. The van der Waals surface area contributed by atoms with Crippen molar-refractivity contribution < 1.29 is 9.31 Å². The summed E-state index contributed by atoms with van der Waals surface area (Å²) in [6.45, 7) is 1.06. The Hall–Kier alpha value is -1.66. The number of hydrogen-bond donors (Lipinski definition) is 0. The largest absolute Gasteiger partial charge is 0.312 e. The molecule has 1 aromatic heterocycles. The summed E-state index contributed by atoms with van der Waals surface area (Å²) < 4.78 is 12.3. The lowest BCUT2D eigenvalue weighted by Gasteiger charge is -2.27. The van der Waals surface area contributed by atoms with Gasteiger partial charge < -0.3 is 0 Å². The van der Waals surface area contributed by atoms with Crippen molar-refractivity contribution in [3.8, 4) is 0 Å². The molecule has 1 aromatic rings. The highest BCUT2D eigenvalue weighted by atomic mass is 19.1. The summed E-state index contributed by atoms with van der Waals surface area (Å²) in [5.74, 6) is 0. The van der Waals surface area contributed by atoms with Gasteiger partial charge in [-0.25, -0.2) is 0 Å². The molecule has 1 fully saturated rings. The Kier molecular flexibility index (Phi) is 3.55. The first kappa shape index (κ1) is 11.8. The van der Waals surface area contributed by atoms with Crippen LogP contribution in [0.3, 0.4) is 0 Å². The van der Waals surface area contributed by atoms with Crippen LogP contribution in [0.5, 0.6) is 0 Å². The minimum Gasteiger partial charge on any atom is -0.297 e. The molecular formula is C10H15FN4O2. The van der Waals surface area contributed by atoms with E-state index >= 15 is 0 Å². The van der Waals surface area contributed by atoms with E-state index in [0.717, 1.165) is 25.9 Å². The number of piperidine rings is 1. The van der Waals surface area contributed by atoms with Gasteiger partial charge in [0, 0.05) is 19.5 Å². The van der Waals surface area contributed by atoms with Gasteiger partial charge in [-0.05, 0) is 19.3 Å². The van der Waals surface area contributed by atoms with Crippen LogP contribution in [0.15, 0.2) is 6.20 Å². The van der Waals surface area contributed by atoms with Gasteiger partial charge in [-0.3, -0.25) is 19.5 Å². The van der Waals surface area contributed by atoms with Crippen molar-refractivity contribution in [2.75, 3.05) is 24.8 Å². The minimum absolute atomic E-state index is 0.00282. The van der Waals surface area contributed by atoms with Gasteiger partial charge in [0.1, 0.15) is 11.9 Å². The maximum atomic E-state index is 12.3. The minimum atomic E-state index is -0.627. The molecule has 0 radical (unpaired) electrons. The van der Waals surface area contributed by atoms with Crippen molar-refractivity contribution in [1.29, 1.82) is 0 Å². The van der Waals surface area contributed by atoms with E-state index in [0.29, 0.717) is 0 Å². The molecule has 0 bridgehead atoms. The molecule has 17 heavy (non-hydrogen) atoms. The number of alkyl halides is 1. The van der Waals surface area contributed by atoms with Gasteiger partial charge >= 0.3 is 5.69 Å². The molecule has 0 saturated carbocycles. The van der Waals surface area contributed by atoms with Gasteiger partial charge in [0.2, 0.25) is 0 Å². The first-order valence-corrected chi connectivity index (χ1v) is 5.76. The molecule has 0 amide bonds. The summed E-state index contributed by atoms with van der Waals surface area (Å²) in [5.41, 5.74) is 0.135. The van der Waals surface area contributed by atoms with E-state index in [1.807, 2.05) is 5.01 Å². The Bertz CT molecular complexity index is 401. The number of nitro groups is 1. The second kappa shape index (κ2) is 5.11. The van der Waals surface area contributed by atoms with Crippen LogP contribution in [0.25, 0.3) is 0 Å². The molecule has 0 atom stereocenters. The molecule has 0 N–H and O–H groups in total. The lowest BCUT2D eigenvalue weighted by Crippen LogP contribution is -2.39. The molecule has 1 aliphatic rings. The molecule has 1 saturated heterocycles. The van der Waals surface area contributed by atoms with Crippen LogP contribution in [0.2, 0.25) is 0 Å². The van der Waals surface area contributed by atoms with Crippen LogP contribution in [0, 0.1) is 10.1 Å². The summed E-state index contributed by atoms with van der Waals surface area (Å²) in [4.78, 5) is 11.8. The Balaban J connectivity index is 2.22. The van der Waals surface area contributed by atoms with Crippen LogP contribution in [0.1, 0.15) is 25.0 Å². The van der Waals surface area contributed by atoms with E-state index in [-0.39, 0.29) is 17.8 Å². The van der Waals surface area contributed by atoms with Crippen LogP contribution in [0.4, 0.5) is 10.1 Å². The van der Waals surface area contributed by atoms with Crippen LogP contribution < -0.4 is 5.01 Å². The van der Waals surface area contributed by atoms with Crippen molar-refractivity contribution in [2.24, 2.45) is 0 Å². The fraction of sp³-hybridized carbons (Fsp3) is 0.700. The molecule has 0 spiro atoms. The van der Waals surface area contributed by atoms with Gasteiger partial charge in [-0.2, -0.15) is 4.79 Å². The maximum absolute atomic E-state index is 12.3. The zero-order chi connectivity index (χ0) is 12.3. The molecule has 94 valence electrons. The van der Waals surface area contributed by atoms with Gasteiger partial charge in [-0.15, -0.1) is 5.10 Å².